The summed E-state index contributed by atoms with van der Waals surface area (Å²) in [6.07, 6.45) is 0.857. The highest BCUT2D eigenvalue weighted by Gasteiger charge is 2.41. The van der Waals surface area contributed by atoms with E-state index >= 15 is 0 Å². The van der Waals surface area contributed by atoms with Gasteiger partial charge in [0.2, 0.25) is 0 Å². The maximum atomic E-state index is 12.1. The first-order chi connectivity index (χ1) is 9.80. The summed E-state index contributed by atoms with van der Waals surface area (Å²) in [4.78, 5) is 17.7. The summed E-state index contributed by atoms with van der Waals surface area (Å²) in [7, 11) is 0. The quantitative estimate of drug-likeness (QED) is 0.909. The summed E-state index contributed by atoms with van der Waals surface area (Å²) in [5.74, 6) is 1.20. The van der Waals surface area contributed by atoms with E-state index in [4.69, 9.17) is 10.5 Å². The van der Waals surface area contributed by atoms with Gasteiger partial charge in [-0.1, -0.05) is 18.2 Å². The maximum absolute atomic E-state index is 12.1. The van der Waals surface area contributed by atoms with Gasteiger partial charge in [-0.3, -0.25) is 0 Å². The predicted octanol–water partition coefficient (Wildman–Crippen LogP) is 2.64. The number of hydrogen-bond donors (Lipinski definition) is 1. The van der Waals surface area contributed by atoms with E-state index in [9.17, 15) is 4.79 Å². The first-order valence-electron chi connectivity index (χ1n) is 7.27. The first kappa shape index (κ1) is 13.9. The fourth-order valence-electron chi connectivity index (χ4n) is 3.17. The van der Waals surface area contributed by atoms with Gasteiger partial charge in [0.15, 0.2) is 0 Å². The van der Waals surface area contributed by atoms with Crippen molar-refractivity contribution < 1.29 is 9.53 Å². The number of urea groups is 1. The van der Waals surface area contributed by atoms with Gasteiger partial charge in [0.1, 0.15) is 23.2 Å². The third-order valence-corrected chi connectivity index (χ3v) is 3.98. The molecule has 1 aromatic rings. The van der Waals surface area contributed by atoms with Crippen molar-refractivity contribution in [3.63, 3.8) is 0 Å². The Kier molecular flexibility index (Phi) is 2.97. The number of para-hydroxylation sites is 1. The van der Waals surface area contributed by atoms with Crippen molar-refractivity contribution in [2.24, 2.45) is 10.7 Å². The van der Waals surface area contributed by atoms with Crippen molar-refractivity contribution in [2.45, 2.75) is 51.8 Å². The molecule has 3 rings (SSSR count). The van der Waals surface area contributed by atoms with Crippen LogP contribution < -0.4 is 10.5 Å². The minimum atomic E-state index is -0.332. The van der Waals surface area contributed by atoms with Gasteiger partial charge in [-0.15, -0.1) is 0 Å². The number of carbonyl (C=O) groups excluding carboxylic acids is 1. The van der Waals surface area contributed by atoms with Gasteiger partial charge < -0.3 is 15.4 Å². The van der Waals surface area contributed by atoms with Gasteiger partial charge in [-0.25, -0.2) is 4.79 Å². The second kappa shape index (κ2) is 4.48. The lowest BCUT2D eigenvalue weighted by atomic mass is 9.97. The minimum absolute atomic E-state index is 0.0255. The fourth-order valence-corrected chi connectivity index (χ4v) is 3.17. The molecule has 0 aliphatic carbocycles. The number of amides is 2. The molecule has 2 N–H and O–H groups in total. The van der Waals surface area contributed by atoms with Crippen LogP contribution in [0.15, 0.2) is 23.2 Å². The second-order valence-electron chi connectivity index (χ2n) is 6.60. The number of rotatable bonds is 2. The molecule has 21 heavy (non-hydrogen) atoms. The number of hydrogen-bond acceptors (Lipinski definition) is 3. The van der Waals surface area contributed by atoms with Gasteiger partial charge in [-0.2, -0.15) is 4.99 Å². The standard InChI is InChI=1S/C16H21N3O2/c1-9(2)19-12(14(17)18-15(19)20)11-7-5-6-10-8-16(3,4)21-13(10)11/h5-7,9,12H,8H2,1-4H3,(H2,17,18,20). The molecule has 0 radical (unpaired) electrons. The topological polar surface area (TPSA) is 67.9 Å². The minimum Gasteiger partial charge on any atom is -0.487 e. The molecule has 0 aromatic heterocycles. The number of benzene rings is 1. The smallest absolute Gasteiger partial charge is 0.346 e. The van der Waals surface area contributed by atoms with Gasteiger partial charge in [0.05, 0.1) is 0 Å². The van der Waals surface area contributed by atoms with Crippen LogP contribution in [0.3, 0.4) is 0 Å². The van der Waals surface area contributed by atoms with Crippen molar-refractivity contribution in [2.75, 3.05) is 0 Å². The molecule has 0 bridgehead atoms. The molecule has 2 amide bonds. The van der Waals surface area contributed by atoms with E-state index in [0.717, 1.165) is 23.3 Å². The van der Waals surface area contributed by atoms with Crippen LogP contribution in [0.1, 0.15) is 44.9 Å². The third-order valence-electron chi connectivity index (χ3n) is 3.98. The molecule has 0 saturated carbocycles. The fraction of sp³-hybridized carbons (Fsp3) is 0.500. The molecule has 0 saturated heterocycles. The summed E-state index contributed by atoms with van der Waals surface area (Å²) in [6, 6.07) is 5.45. The Morgan fingerprint density at radius 1 is 1.43 bits per heavy atom. The highest BCUT2D eigenvalue weighted by molar-refractivity contribution is 6.03. The second-order valence-corrected chi connectivity index (χ2v) is 6.60. The Morgan fingerprint density at radius 3 is 2.81 bits per heavy atom. The molecule has 2 aliphatic rings. The summed E-state index contributed by atoms with van der Waals surface area (Å²) >= 11 is 0. The molecule has 2 heterocycles. The van der Waals surface area contributed by atoms with Gasteiger partial charge >= 0.3 is 6.03 Å². The lowest BCUT2D eigenvalue weighted by molar-refractivity contribution is 0.134. The molecule has 2 aliphatic heterocycles. The average Bonchev–Trinajstić information content (AvgIpc) is 2.83. The molecule has 112 valence electrons. The van der Waals surface area contributed by atoms with E-state index in [1.54, 1.807) is 4.90 Å². The molecular weight excluding hydrogens is 266 g/mol. The van der Waals surface area contributed by atoms with Crippen LogP contribution in [-0.4, -0.2) is 28.4 Å². The van der Waals surface area contributed by atoms with E-state index in [1.807, 2.05) is 26.0 Å². The summed E-state index contributed by atoms with van der Waals surface area (Å²) < 4.78 is 6.10. The van der Waals surface area contributed by atoms with Gasteiger partial charge in [0, 0.05) is 18.0 Å². The SMILES string of the molecule is CC(C)N1C(=O)N=C(N)C1c1cccc2c1OC(C)(C)C2. The molecular formula is C16H21N3O2. The van der Waals surface area contributed by atoms with E-state index < -0.39 is 0 Å². The number of fused-ring (bicyclic) bond motifs is 1. The third kappa shape index (κ3) is 2.17. The molecule has 5 heteroatoms. The van der Waals surface area contributed by atoms with E-state index in [2.05, 4.69) is 24.9 Å². The number of nitrogens with zero attached hydrogens (tertiary/aromatic N) is 2. The number of ether oxygens (including phenoxy) is 1. The largest absolute Gasteiger partial charge is 0.487 e. The Balaban J connectivity index is 2.08. The van der Waals surface area contributed by atoms with Crippen LogP contribution in [0, 0.1) is 0 Å². The Morgan fingerprint density at radius 2 is 2.14 bits per heavy atom. The van der Waals surface area contributed by atoms with E-state index in [0.29, 0.717) is 5.84 Å². The van der Waals surface area contributed by atoms with E-state index in [1.165, 1.54) is 0 Å². The number of nitrogens with two attached hydrogens (primary N) is 1. The van der Waals surface area contributed by atoms with Crippen molar-refractivity contribution in [3.8, 4) is 5.75 Å². The normalized spacial score (nSPS) is 23.3. The zero-order chi connectivity index (χ0) is 15.4. The highest BCUT2D eigenvalue weighted by Crippen LogP contribution is 2.43. The van der Waals surface area contributed by atoms with Crippen molar-refractivity contribution in [1.82, 2.24) is 4.90 Å². The van der Waals surface area contributed by atoms with Crippen molar-refractivity contribution >= 4 is 11.9 Å². The number of amidine groups is 1. The number of carbonyl (C=O) groups is 1. The van der Waals surface area contributed by atoms with Crippen LogP contribution in [0.4, 0.5) is 4.79 Å². The molecule has 0 spiro atoms. The maximum Gasteiger partial charge on any atom is 0.346 e. The zero-order valence-corrected chi connectivity index (χ0v) is 12.9. The monoisotopic (exact) mass is 287 g/mol. The van der Waals surface area contributed by atoms with Crippen molar-refractivity contribution in [3.05, 3.63) is 29.3 Å². The first-order valence-corrected chi connectivity index (χ1v) is 7.27. The average molecular weight is 287 g/mol. The van der Waals surface area contributed by atoms with Crippen LogP contribution in [0.25, 0.3) is 0 Å². The number of aliphatic imine (C=N–C) groups is 1. The van der Waals surface area contributed by atoms with Gasteiger partial charge in [-0.05, 0) is 33.3 Å². The summed E-state index contributed by atoms with van der Waals surface area (Å²) in [5, 5.41) is 0. The van der Waals surface area contributed by atoms with Gasteiger partial charge in [0.25, 0.3) is 0 Å². The van der Waals surface area contributed by atoms with Crippen LogP contribution in [0.5, 0.6) is 5.75 Å². The zero-order valence-electron chi connectivity index (χ0n) is 12.9. The lowest BCUT2D eigenvalue weighted by Gasteiger charge is -2.29. The Labute approximate surface area is 124 Å². The van der Waals surface area contributed by atoms with Crippen LogP contribution in [0.2, 0.25) is 0 Å². The summed E-state index contributed by atoms with van der Waals surface area (Å²) in [6.45, 7) is 8.06. The molecule has 1 unspecified atom stereocenters. The Hall–Kier alpha value is -2.04. The van der Waals surface area contributed by atoms with E-state index in [-0.39, 0.29) is 23.7 Å². The molecule has 1 atom stereocenters. The molecule has 1 aromatic carbocycles. The highest BCUT2D eigenvalue weighted by atomic mass is 16.5. The lowest BCUT2D eigenvalue weighted by Crippen LogP contribution is -2.38. The predicted molar refractivity (Wildman–Crippen MR) is 81.6 cm³/mol. The van der Waals surface area contributed by atoms with Crippen LogP contribution >= 0.6 is 0 Å². The van der Waals surface area contributed by atoms with Crippen molar-refractivity contribution in [1.29, 1.82) is 0 Å². The molecule has 0 fully saturated rings. The summed E-state index contributed by atoms with van der Waals surface area (Å²) in [5.41, 5.74) is 7.89. The van der Waals surface area contributed by atoms with Crippen LogP contribution in [-0.2, 0) is 6.42 Å². The Bertz CT molecular complexity index is 634. The molecule has 5 nitrogen and oxygen atoms in total.